The van der Waals surface area contributed by atoms with E-state index >= 15 is 0 Å². The molecule has 0 bridgehead atoms. The number of nitrogens with one attached hydrogen (secondary N) is 1. The number of hydrogen-bond donors (Lipinski definition) is 1. The van der Waals surface area contributed by atoms with E-state index in [1.54, 1.807) is 33.3 Å². The molecule has 0 amide bonds. The first-order valence-electron chi connectivity index (χ1n) is 9.09. The fraction of sp³-hybridized carbons (Fsp3) is 0.429. The third kappa shape index (κ3) is 5.47. The standard InChI is InChI=1S/C21H29NO4S/c1-15(2)19-14-21(16(3)13-20(19)26-5)27(23,24)22-12-6-7-17-8-10-18(25-4)11-9-17/h8-11,13-15,22H,6-7,12H2,1-5H3. The molecule has 0 aliphatic heterocycles. The van der Waals surface area contributed by atoms with Crippen LogP contribution in [0.15, 0.2) is 41.3 Å². The van der Waals surface area contributed by atoms with E-state index in [-0.39, 0.29) is 5.92 Å². The van der Waals surface area contributed by atoms with Gasteiger partial charge in [-0.15, -0.1) is 0 Å². The Hall–Kier alpha value is -2.05. The van der Waals surface area contributed by atoms with Crippen LogP contribution in [0, 0.1) is 6.92 Å². The van der Waals surface area contributed by atoms with Gasteiger partial charge in [-0.05, 0) is 66.6 Å². The predicted molar refractivity (Wildman–Crippen MR) is 108 cm³/mol. The van der Waals surface area contributed by atoms with Gasteiger partial charge in [0.1, 0.15) is 11.5 Å². The fourth-order valence-corrected chi connectivity index (χ4v) is 4.30. The number of sulfonamides is 1. The Morgan fingerprint density at radius 3 is 2.26 bits per heavy atom. The molecule has 2 rings (SSSR count). The minimum absolute atomic E-state index is 0.171. The minimum atomic E-state index is -3.56. The Kier molecular flexibility index (Phi) is 7.27. The molecule has 6 heteroatoms. The quantitative estimate of drug-likeness (QED) is 0.655. The van der Waals surface area contributed by atoms with Gasteiger partial charge in [-0.3, -0.25) is 0 Å². The summed E-state index contributed by atoms with van der Waals surface area (Å²) in [5.74, 6) is 1.71. The molecule has 0 saturated carbocycles. The van der Waals surface area contributed by atoms with Crippen molar-refractivity contribution >= 4 is 10.0 Å². The van der Waals surface area contributed by atoms with Gasteiger partial charge in [-0.1, -0.05) is 26.0 Å². The van der Waals surface area contributed by atoms with Gasteiger partial charge in [0.2, 0.25) is 10.0 Å². The lowest BCUT2D eigenvalue weighted by Gasteiger charge is -2.16. The SMILES string of the molecule is COc1ccc(CCCNS(=O)(=O)c2cc(C(C)C)c(OC)cc2C)cc1. The summed E-state index contributed by atoms with van der Waals surface area (Å²) in [6.07, 6.45) is 1.52. The van der Waals surface area contributed by atoms with Crippen LogP contribution in [-0.2, 0) is 16.4 Å². The highest BCUT2D eigenvalue weighted by atomic mass is 32.2. The molecular formula is C21H29NO4S. The lowest BCUT2D eigenvalue weighted by atomic mass is 10.0. The van der Waals surface area contributed by atoms with Gasteiger partial charge >= 0.3 is 0 Å². The molecule has 27 heavy (non-hydrogen) atoms. The van der Waals surface area contributed by atoms with Crippen LogP contribution in [0.25, 0.3) is 0 Å². The highest BCUT2D eigenvalue weighted by molar-refractivity contribution is 7.89. The zero-order chi connectivity index (χ0) is 20.0. The summed E-state index contributed by atoms with van der Waals surface area (Å²) < 4.78 is 38.8. The van der Waals surface area contributed by atoms with Crippen molar-refractivity contribution in [1.82, 2.24) is 4.72 Å². The van der Waals surface area contributed by atoms with Crippen molar-refractivity contribution in [3.05, 3.63) is 53.1 Å². The summed E-state index contributed by atoms with van der Waals surface area (Å²) in [6.45, 7) is 6.22. The second-order valence-corrected chi connectivity index (χ2v) is 8.60. The minimum Gasteiger partial charge on any atom is -0.497 e. The van der Waals surface area contributed by atoms with Crippen molar-refractivity contribution in [3.8, 4) is 11.5 Å². The normalized spacial score (nSPS) is 11.6. The van der Waals surface area contributed by atoms with Crippen molar-refractivity contribution in [2.75, 3.05) is 20.8 Å². The van der Waals surface area contributed by atoms with Crippen molar-refractivity contribution in [3.63, 3.8) is 0 Å². The Balaban J connectivity index is 2.04. The van der Waals surface area contributed by atoms with E-state index in [1.165, 1.54) is 0 Å². The van der Waals surface area contributed by atoms with Crippen molar-refractivity contribution in [2.24, 2.45) is 0 Å². The largest absolute Gasteiger partial charge is 0.497 e. The maximum Gasteiger partial charge on any atom is 0.240 e. The fourth-order valence-electron chi connectivity index (χ4n) is 2.96. The smallest absolute Gasteiger partial charge is 0.240 e. The summed E-state index contributed by atoms with van der Waals surface area (Å²) in [5.41, 5.74) is 2.72. The first-order valence-corrected chi connectivity index (χ1v) is 10.6. The summed E-state index contributed by atoms with van der Waals surface area (Å²) >= 11 is 0. The third-order valence-corrected chi connectivity index (χ3v) is 6.14. The summed E-state index contributed by atoms with van der Waals surface area (Å²) in [7, 11) is -0.325. The molecule has 0 saturated heterocycles. The van der Waals surface area contributed by atoms with E-state index in [2.05, 4.69) is 4.72 Å². The highest BCUT2D eigenvalue weighted by Crippen LogP contribution is 2.31. The van der Waals surface area contributed by atoms with Crippen molar-refractivity contribution in [2.45, 2.75) is 44.4 Å². The molecule has 5 nitrogen and oxygen atoms in total. The van der Waals surface area contributed by atoms with Crippen LogP contribution >= 0.6 is 0 Å². The first kappa shape index (κ1) is 21.3. The number of methoxy groups -OCH3 is 2. The summed E-state index contributed by atoms with van der Waals surface area (Å²) in [4.78, 5) is 0.316. The topological polar surface area (TPSA) is 64.6 Å². The molecule has 0 aliphatic carbocycles. The predicted octanol–water partition coefficient (Wildman–Crippen LogP) is 4.05. The Morgan fingerprint density at radius 2 is 1.70 bits per heavy atom. The molecule has 0 fully saturated rings. The highest BCUT2D eigenvalue weighted by Gasteiger charge is 2.20. The molecule has 0 radical (unpaired) electrons. The van der Waals surface area contributed by atoms with E-state index in [4.69, 9.17) is 9.47 Å². The van der Waals surface area contributed by atoms with E-state index in [1.807, 2.05) is 38.1 Å². The average molecular weight is 392 g/mol. The maximum atomic E-state index is 12.8. The molecule has 2 aromatic carbocycles. The first-order chi connectivity index (χ1) is 12.8. The van der Waals surface area contributed by atoms with Gasteiger partial charge < -0.3 is 9.47 Å². The number of rotatable bonds is 9. The molecular weight excluding hydrogens is 362 g/mol. The monoisotopic (exact) mass is 391 g/mol. The molecule has 1 N–H and O–H groups in total. The Morgan fingerprint density at radius 1 is 1.04 bits per heavy atom. The van der Waals surface area contributed by atoms with E-state index < -0.39 is 10.0 Å². The molecule has 0 aromatic heterocycles. The molecule has 0 heterocycles. The van der Waals surface area contributed by atoms with Gasteiger partial charge in [0.25, 0.3) is 0 Å². The lowest BCUT2D eigenvalue weighted by molar-refractivity contribution is 0.406. The second-order valence-electron chi connectivity index (χ2n) is 6.86. The van der Waals surface area contributed by atoms with E-state index in [9.17, 15) is 8.42 Å². The Bertz CT molecular complexity index is 858. The molecule has 0 spiro atoms. The van der Waals surface area contributed by atoms with Crippen LogP contribution in [-0.4, -0.2) is 29.2 Å². The number of ether oxygens (including phenoxy) is 2. The third-order valence-electron chi connectivity index (χ3n) is 4.53. The van der Waals surface area contributed by atoms with Crippen LogP contribution in [0.3, 0.4) is 0 Å². The van der Waals surface area contributed by atoms with E-state index in [0.29, 0.717) is 17.0 Å². The van der Waals surface area contributed by atoms with Gasteiger partial charge in [-0.25, -0.2) is 13.1 Å². The van der Waals surface area contributed by atoms with Crippen LogP contribution in [0.2, 0.25) is 0 Å². The molecule has 148 valence electrons. The van der Waals surface area contributed by atoms with E-state index in [0.717, 1.165) is 35.5 Å². The number of aryl methyl sites for hydroxylation is 2. The van der Waals surface area contributed by atoms with Gasteiger partial charge in [-0.2, -0.15) is 0 Å². The van der Waals surface area contributed by atoms with Crippen molar-refractivity contribution < 1.29 is 17.9 Å². The molecule has 2 aromatic rings. The van der Waals surface area contributed by atoms with Crippen LogP contribution < -0.4 is 14.2 Å². The second kappa shape index (κ2) is 9.24. The zero-order valence-corrected chi connectivity index (χ0v) is 17.5. The van der Waals surface area contributed by atoms with Crippen LogP contribution in [0.1, 0.15) is 42.9 Å². The van der Waals surface area contributed by atoms with Gasteiger partial charge in [0.15, 0.2) is 0 Å². The Labute approximate surface area is 162 Å². The van der Waals surface area contributed by atoms with Gasteiger partial charge in [0.05, 0.1) is 19.1 Å². The summed E-state index contributed by atoms with van der Waals surface area (Å²) in [5, 5.41) is 0. The maximum absolute atomic E-state index is 12.8. The van der Waals surface area contributed by atoms with Crippen LogP contribution in [0.4, 0.5) is 0 Å². The molecule has 0 atom stereocenters. The van der Waals surface area contributed by atoms with Crippen LogP contribution in [0.5, 0.6) is 11.5 Å². The van der Waals surface area contributed by atoms with Gasteiger partial charge in [0, 0.05) is 6.54 Å². The number of hydrogen-bond acceptors (Lipinski definition) is 4. The average Bonchev–Trinajstić information content (AvgIpc) is 2.65. The number of benzene rings is 2. The lowest BCUT2D eigenvalue weighted by Crippen LogP contribution is -2.26. The summed E-state index contributed by atoms with van der Waals surface area (Å²) in [6, 6.07) is 11.3. The van der Waals surface area contributed by atoms with Crippen molar-refractivity contribution in [1.29, 1.82) is 0 Å². The molecule has 0 unspecified atom stereocenters. The molecule has 0 aliphatic rings. The zero-order valence-electron chi connectivity index (χ0n) is 16.7.